The average molecular weight is 315 g/mol. The number of hydrogen-bond acceptors (Lipinski definition) is 5. The molecule has 0 saturated carbocycles. The van der Waals surface area contributed by atoms with Gasteiger partial charge in [0.05, 0.1) is 0 Å². The molecule has 0 unspecified atom stereocenters. The molecule has 0 atom stereocenters. The van der Waals surface area contributed by atoms with Crippen LogP contribution in [0.15, 0.2) is 33.5 Å². The lowest BCUT2D eigenvalue weighted by Gasteiger charge is -2.27. The molecule has 2 aromatic rings. The van der Waals surface area contributed by atoms with Crippen LogP contribution in [0.1, 0.15) is 15.9 Å². The van der Waals surface area contributed by atoms with Crippen molar-refractivity contribution in [1.29, 1.82) is 0 Å². The fraction of sp³-hybridized carbons (Fsp3) is 0.412. The van der Waals surface area contributed by atoms with Crippen molar-refractivity contribution >= 4 is 16.9 Å². The lowest BCUT2D eigenvalue weighted by Crippen LogP contribution is -2.46. The molecule has 1 amide bonds. The quantitative estimate of drug-likeness (QED) is 0.814. The summed E-state index contributed by atoms with van der Waals surface area (Å²) < 4.78 is 5.26. The predicted molar refractivity (Wildman–Crippen MR) is 88.9 cm³/mol. The number of benzene rings is 1. The molecule has 1 saturated heterocycles. The minimum Gasteiger partial charge on any atom is -0.422 e. The Morgan fingerprint density at radius 3 is 2.83 bits per heavy atom. The molecule has 1 aliphatic rings. The van der Waals surface area contributed by atoms with Crippen molar-refractivity contribution in [3.8, 4) is 0 Å². The Balaban J connectivity index is 1.71. The molecule has 0 aliphatic carbocycles. The molecular weight excluding hydrogens is 294 g/mol. The largest absolute Gasteiger partial charge is 0.422 e. The Morgan fingerprint density at radius 2 is 2.04 bits per heavy atom. The number of fused-ring (bicyclic) bond motifs is 1. The van der Waals surface area contributed by atoms with E-state index in [0.29, 0.717) is 17.7 Å². The van der Waals surface area contributed by atoms with Crippen molar-refractivity contribution in [2.75, 3.05) is 39.3 Å². The molecule has 1 aromatic heterocycles. The Labute approximate surface area is 134 Å². The van der Waals surface area contributed by atoms with Crippen molar-refractivity contribution in [3.05, 3.63) is 45.8 Å². The first-order valence-electron chi connectivity index (χ1n) is 7.90. The first kappa shape index (κ1) is 15.7. The zero-order valence-corrected chi connectivity index (χ0v) is 13.2. The van der Waals surface area contributed by atoms with Gasteiger partial charge >= 0.3 is 5.63 Å². The third-order valence-electron chi connectivity index (χ3n) is 4.22. The van der Waals surface area contributed by atoms with Gasteiger partial charge in [0, 0.05) is 44.7 Å². The zero-order valence-electron chi connectivity index (χ0n) is 13.2. The number of piperazine rings is 1. The van der Waals surface area contributed by atoms with Gasteiger partial charge in [-0.1, -0.05) is 18.2 Å². The van der Waals surface area contributed by atoms with E-state index in [-0.39, 0.29) is 11.5 Å². The zero-order chi connectivity index (χ0) is 16.2. The number of amides is 1. The SMILES string of the molecule is Cc1c(C(=O)NCCN2CCNCC2)c(=O)oc2ccccc12. The third-order valence-corrected chi connectivity index (χ3v) is 4.22. The summed E-state index contributed by atoms with van der Waals surface area (Å²) in [6.07, 6.45) is 0. The van der Waals surface area contributed by atoms with Crippen LogP contribution >= 0.6 is 0 Å². The fourth-order valence-corrected chi connectivity index (χ4v) is 2.92. The molecule has 6 heteroatoms. The molecule has 0 radical (unpaired) electrons. The highest BCUT2D eigenvalue weighted by atomic mass is 16.4. The van der Waals surface area contributed by atoms with Crippen molar-refractivity contribution in [2.45, 2.75) is 6.92 Å². The molecule has 0 spiro atoms. The van der Waals surface area contributed by atoms with Crippen LogP contribution in [-0.4, -0.2) is 50.1 Å². The lowest BCUT2D eigenvalue weighted by atomic mass is 10.1. The van der Waals surface area contributed by atoms with Crippen LogP contribution in [0.2, 0.25) is 0 Å². The van der Waals surface area contributed by atoms with Crippen molar-refractivity contribution < 1.29 is 9.21 Å². The van der Waals surface area contributed by atoms with E-state index in [9.17, 15) is 9.59 Å². The predicted octanol–water partition coefficient (Wildman–Crippen LogP) is 0.736. The second-order valence-electron chi connectivity index (χ2n) is 5.73. The van der Waals surface area contributed by atoms with Crippen LogP contribution in [0.25, 0.3) is 11.0 Å². The highest BCUT2D eigenvalue weighted by molar-refractivity contribution is 5.99. The van der Waals surface area contributed by atoms with Crippen LogP contribution in [0.5, 0.6) is 0 Å². The number of para-hydroxylation sites is 1. The summed E-state index contributed by atoms with van der Waals surface area (Å²) in [6, 6.07) is 7.25. The number of carbonyl (C=O) groups excluding carboxylic acids is 1. The van der Waals surface area contributed by atoms with Crippen molar-refractivity contribution in [2.24, 2.45) is 0 Å². The van der Waals surface area contributed by atoms with Crippen molar-refractivity contribution in [3.63, 3.8) is 0 Å². The van der Waals surface area contributed by atoms with Gasteiger partial charge in [0.2, 0.25) is 0 Å². The minimum absolute atomic E-state index is 0.101. The highest BCUT2D eigenvalue weighted by Crippen LogP contribution is 2.18. The summed E-state index contributed by atoms with van der Waals surface area (Å²) in [6.45, 7) is 6.99. The number of rotatable bonds is 4. The number of nitrogens with one attached hydrogen (secondary N) is 2. The number of nitrogens with zero attached hydrogens (tertiary/aromatic N) is 1. The van der Waals surface area contributed by atoms with E-state index in [1.807, 2.05) is 12.1 Å². The van der Waals surface area contributed by atoms with Crippen LogP contribution in [0.3, 0.4) is 0 Å². The summed E-state index contributed by atoms with van der Waals surface area (Å²) in [5, 5.41) is 6.91. The summed E-state index contributed by atoms with van der Waals surface area (Å²) in [7, 11) is 0. The maximum atomic E-state index is 12.4. The lowest BCUT2D eigenvalue weighted by molar-refractivity contribution is 0.0943. The van der Waals surface area contributed by atoms with E-state index in [1.165, 1.54) is 0 Å². The molecule has 3 rings (SSSR count). The van der Waals surface area contributed by atoms with Gasteiger partial charge in [0.25, 0.3) is 5.91 Å². The van der Waals surface area contributed by atoms with Crippen LogP contribution in [-0.2, 0) is 0 Å². The second kappa shape index (κ2) is 6.93. The van der Waals surface area contributed by atoms with Gasteiger partial charge in [0.15, 0.2) is 0 Å². The van der Waals surface area contributed by atoms with Gasteiger partial charge in [0.1, 0.15) is 11.1 Å². The van der Waals surface area contributed by atoms with Crippen LogP contribution in [0.4, 0.5) is 0 Å². The molecule has 23 heavy (non-hydrogen) atoms. The Kier molecular flexibility index (Phi) is 4.73. The van der Waals surface area contributed by atoms with Gasteiger partial charge in [-0.3, -0.25) is 9.69 Å². The average Bonchev–Trinajstić information content (AvgIpc) is 2.56. The summed E-state index contributed by atoms with van der Waals surface area (Å²) in [5.74, 6) is -0.364. The van der Waals surface area contributed by atoms with Gasteiger partial charge in [-0.15, -0.1) is 0 Å². The normalized spacial score (nSPS) is 15.7. The molecule has 1 fully saturated rings. The maximum Gasteiger partial charge on any atom is 0.349 e. The smallest absolute Gasteiger partial charge is 0.349 e. The van der Waals surface area contributed by atoms with E-state index in [2.05, 4.69) is 15.5 Å². The first-order valence-corrected chi connectivity index (χ1v) is 7.90. The van der Waals surface area contributed by atoms with E-state index in [4.69, 9.17) is 4.42 Å². The maximum absolute atomic E-state index is 12.4. The van der Waals surface area contributed by atoms with Crippen LogP contribution in [0, 0.1) is 6.92 Å². The van der Waals surface area contributed by atoms with E-state index in [1.54, 1.807) is 19.1 Å². The monoisotopic (exact) mass is 315 g/mol. The molecule has 122 valence electrons. The fourth-order valence-electron chi connectivity index (χ4n) is 2.92. The number of carbonyl (C=O) groups is 1. The third kappa shape index (κ3) is 3.43. The Hall–Kier alpha value is -2.18. The number of aryl methyl sites for hydroxylation is 1. The van der Waals surface area contributed by atoms with Crippen LogP contribution < -0.4 is 16.3 Å². The Morgan fingerprint density at radius 1 is 1.30 bits per heavy atom. The standard InChI is InChI=1S/C17H21N3O3/c1-12-13-4-2-3-5-14(13)23-17(22)15(12)16(21)19-8-11-20-9-6-18-7-10-20/h2-5,18H,6-11H2,1H3,(H,19,21). The minimum atomic E-state index is -0.583. The molecule has 0 bridgehead atoms. The topological polar surface area (TPSA) is 74.6 Å². The first-order chi connectivity index (χ1) is 11.2. The Bertz CT molecular complexity index is 763. The van der Waals surface area contributed by atoms with E-state index in [0.717, 1.165) is 38.1 Å². The summed E-state index contributed by atoms with van der Waals surface area (Å²) in [5.41, 5.74) is 0.689. The number of hydrogen-bond donors (Lipinski definition) is 2. The van der Waals surface area contributed by atoms with Crippen molar-refractivity contribution in [1.82, 2.24) is 15.5 Å². The molecule has 2 heterocycles. The van der Waals surface area contributed by atoms with Gasteiger partial charge in [-0.2, -0.15) is 0 Å². The second-order valence-corrected chi connectivity index (χ2v) is 5.73. The molecule has 1 aromatic carbocycles. The van der Waals surface area contributed by atoms with E-state index >= 15 is 0 Å². The molecular formula is C17H21N3O3. The molecule has 6 nitrogen and oxygen atoms in total. The molecule has 1 aliphatic heterocycles. The molecule has 2 N–H and O–H groups in total. The van der Waals surface area contributed by atoms with Gasteiger partial charge in [-0.25, -0.2) is 4.79 Å². The van der Waals surface area contributed by atoms with Gasteiger partial charge < -0.3 is 15.1 Å². The van der Waals surface area contributed by atoms with Gasteiger partial charge in [-0.05, 0) is 18.6 Å². The van der Waals surface area contributed by atoms with E-state index < -0.39 is 5.63 Å². The highest BCUT2D eigenvalue weighted by Gasteiger charge is 2.18. The summed E-state index contributed by atoms with van der Waals surface area (Å²) >= 11 is 0. The summed E-state index contributed by atoms with van der Waals surface area (Å²) in [4.78, 5) is 26.8.